The van der Waals surface area contributed by atoms with E-state index in [0.29, 0.717) is 0 Å². The molecule has 1 atom stereocenters. The van der Waals surface area contributed by atoms with Gasteiger partial charge in [0.15, 0.2) is 0 Å². The van der Waals surface area contributed by atoms with Crippen LogP contribution in [-0.4, -0.2) is 49.2 Å². The van der Waals surface area contributed by atoms with Crippen LogP contribution in [0.3, 0.4) is 0 Å². The SMILES string of the molecule is CN(C(=O)Cn1cc(S(=O)(=O)N(C)C)ccc1=O)C1CCCc2ccccc21. The second kappa shape index (κ2) is 7.89. The number of nitrogens with zero attached hydrogens (tertiary/aromatic N) is 3. The molecular weight excluding hydrogens is 378 g/mol. The van der Waals surface area contributed by atoms with Crippen LogP contribution in [0.25, 0.3) is 0 Å². The van der Waals surface area contributed by atoms with Crippen LogP contribution >= 0.6 is 0 Å². The molecule has 0 saturated heterocycles. The van der Waals surface area contributed by atoms with Gasteiger partial charge in [-0.3, -0.25) is 9.59 Å². The molecule has 3 rings (SSSR count). The van der Waals surface area contributed by atoms with Gasteiger partial charge in [0.2, 0.25) is 15.9 Å². The van der Waals surface area contributed by atoms with Gasteiger partial charge < -0.3 is 9.47 Å². The molecule has 1 aliphatic carbocycles. The number of aryl methyl sites for hydroxylation is 1. The third-order valence-corrected chi connectivity index (χ3v) is 7.04. The summed E-state index contributed by atoms with van der Waals surface area (Å²) in [5, 5.41) is 0. The number of amides is 1. The first-order chi connectivity index (χ1) is 13.2. The van der Waals surface area contributed by atoms with Gasteiger partial charge in [-0.25, -0.2) is 12.7 Å². The van der Waals surface area contributed by atoms with E-state index in [4.69, 9.17) is 0 Å². The molecule has 8 heteroatoms. The van der Waals surface area contributed by atoms with E-state index in [0.717, 1.165) is 33.7 Å². The normalized spacial score (nSPS) is 16.6. The van der Waals surface area contributed by atoms with Crippen molar-refractivity contribution in [1.82, 2.24) is 13.8 Å². The highest BCUT2D eigenvalue weighted by molar-refractivity contribution is 7.89. The number of benzene rings is 1. The van der Waals surface area contributed by atoms with Crippen molar-refractivity contribution in [1.29, 1.82) is 0 Å². The molecule has 28 heavy (non-hydrogen) atoms. The summed E-state index contributed by atoms with van der Waals surface area (Å²) < 4.78 is 26.9. The molecule has 1 amide bonds. The average molecular weight is 404 g/mol. The lowest BCUT2D eigenvalue weighted by atomic mass is 9.87. The molecule has 0 N–H and O–H groups in total. The Bertz CT molecular complexity index is 1040. The largest absolute Gasteiger partial charge is 0.337 e. The zero-order valence-corrected chi connectivity index (χ0v) is 17.1. The summed E-state index contributed by atoms with van der Waals surface area (Å²) in [6.45, 7) is -0.204. The van der Waals surface area contributed by atoms with Crippen molar-refractivity contribution in [3.63, 3.8) is 0 Å². The van der Waals surface area contributed by atoms with Crippen molar-refractivity contribution in [2.75, 3.05) is 21.1 Å². The van der Waals surface area contributed by atoms with Crippen LogP contribution in [-0.2, 0) is 27.8 Å². The number of pyridine rings is 1. The average Bonchev–Trinajstić information content (AvgIpc) is 2.68. The molecule has 0 bridgehead atoms. The van der Waals surface area contributed by atoms with Crippen LogP contribution in [0.5, 0.6) is 0 Å². The Labute approximate surface area is 165 Å². The predicted octanol–water partition coefficient (Wildman–Crippen LogP) is 1.63. The van der Waals surface area contributed by atoms with Crippen molar-refractivity contribution in [2.45, 2.75) is 36.7 Å². The zero-order chi connectivity index (χ0) is 20.5. The second-order valence-electron chi connectivity index (χ2n) is 7.23. The number of fused-ring (bicyclic) bond motifs is 1. The number of likely N-dealkylation sites (N-methyl/N-ethyl adjacent to an activating group) is 1. The quantitative estimate of drug-likeness (QED) is 0.760. The lowest BCUT2D eigenvalue weighted by molar-refractivity contribution is -0.133. The molecule has 2 aromatic rings. The minimum atomic E-state index is -3.68. The Morgan fingerprint density at radius 3 is 2.57 bits per heavy atom. The van der Waals surface area contributed by atoms with Crippen LogP contribution in [0.15, 0.2) is 52.3 Å². The Kier molecular flexibility index (Phi) is 5.71. The van der Waals surface area contributed by atoms with E-state index in [1.165, 1.54) is 38.0 Å². The summed E-state index contributed by atoms with van der Waals surface area (Å²) in [7, 11) is 0.894. The van der Waals surface area contributed by atoms with Gasteiger partial charge in [-0.2, -0.15) is 0 Å². The van der Waals surface area contributed by atoms with Gasteiger partial charge in [-0.1, -0.05) is 24.3 Å². The molecule has 0 fully saturated rings. The fourth-order valence-electron chi connectivity index (χ4n) is 3.56. The Hall–Kier alpha value is -2.45. The summed E-state index contributed by atoms with van der Waals surface area (Å²) in [5.74, 6) is -0.233. The monoisotopic (exact) mass is 403 g/mol. The van der Waals surface area contributed by atoms with Gasteiger partial charge >= 0.3 is 0 Å². The van der Waals surface area contributed by atoms with Crippen molar-refractivity contribution >= 4 is 15.9 Å². The molecule has 7 nitrogen and oxygen atoms in total. The van der Waals surface area contributed by atoms with E-state index >= 15 is 0 Å². The van der Waals surface area contributed by atoms with Gasteiger partial charge in [0, 0.05) is 33.4 Å². The maximum Gasteiger partial charge on any atom is 0.251 e. The highest BCUT2D eigenvalue weighted by Gasteiger charge is 2.27. The first-order valence-corrected chi connectivity index (χ1v) is 10.6. The van der Waals surface area contributed by atoms with E-state index in [1.54, 1.807) is 11.9 Å². The first kappa shape index (κ1) is 20.3. The van der Waals surface area contributed by atoms with E-state index in [9.17, 15) is 18.0 Å². The van der Waals surface area contributed by atoms with Crippen molar-refractivity contribution in [3.05, 3.63) is 64.1 Å². The molecule has 1 aromatic carbocycles. The van der Waals surface area contributed by atoms with Gasteiger partial charge in [-0.05, 0) is 36.5 Å². The summed E-state index contributed by atoms with van der Waals surface area (Å²) in [6, 6.07) is 10.5. The summed E-state index contributed by atoms with van der Waals surface area (Å²) in [6.07, 6.45) is 4.09. The number of carbonyl (C=O) groups is 1. The number of hydrogen-bond acceptors (Lipinski definition) is 4. The van der Waals surface area contributed by atoms with Crippen LogP contribution < -0.4 is 5.56 Å². The first-order valence-electron chi connectivity index (χ1n) is 9.18. The zero-order valence-electron chi connectivity index (χ0n) is 16.3. The van der Waals surface area contributed by atoms with E-state index in [2.05, 4.69) is 6.07 Å². The van der Waals surface area contributed by atoms with E-state index < -0.39 is 15.6 Å². The van der Waals surface area contributed by atoms with Crippen LogP contribution in [0.1, 0.15) is 30.0 Å². The van der Waals surface area contributed by atoms with E-state index in [1.807, 2.05) is 18.2 Å². The molecule has 0 saturated carbocycles. The van der Waals surface area contributed by atoms with Crippen LogP contribution in [0.4, 0.5) is 0 Å². The van der Waals surface area contributed by atoms with Crippen molar-refractivity contribution < 1.29 is 13.2 Å². The fraction of sp³-hybridized carbons (Fsp3) is 0.400. The molecule has 1 unspecified atom stereocenters. The Balaban J connectivity index is 1.85. The molecular formula is C20H25N3O4S. The summed E-state index contributed by atoms with van der Waals surface area (Å²) >= 11 is 0. The smallest absolute Gasteiger partial charge is 0.251 e. The number of sulfonamides is 1. The second-order valence-corrected chi connectivity index (χ2v) is 9.38. The predicted molar refractivity (Wildman–Crippen MR) is 106 cm³/mol. The minimum Gasteiger partial charge on any atom is -0.337 e. The van der Waals surface area contributed by atoms with Crippen molar-refractivity contribution in [3.8, 4) is 0 Å². The number of rotatable bonds is 5. The van der Waals surface area contributed by atoms with Gasteiger partial charge in [0.25, 0.3) is 5.56 Å². The summed E-state index contributed by atoms with van der Waals surface area (Å²) in [5.41, 5.74) is 1.97. The van der Waals surface area contributed by atoms with Gasteiger partial charge in [-0.15, -0.1) is 0 Å². The summed E-state index contributed by atoms with van der Waals surface area (Å²) in [4.78, 5) is 26.7. The molecule has 1 aromatic heterocycles. The standard InChI is InChI=1S/C20H25N3O4S/c1-21(2)28(26,27)16-11-12-19(24)23(13-16)14-20(25)22(3)18-10-6-8-15-7-4-5-9-17(15)18/h4-5,7,9,11-13,18H,6,8,10,14H2,1-3H3. The third-order valence-electron chi connectivity index (χ3n) is 5.24. The lowest BCUT2D eigenvalue weighted by Crippen LogP contribution is -2.37. The molecule has 1 aliphatic rings. The number of hydrogen-bond donors (Lipinski definition) is 0. The molecule has 0 aliphatic heterocycles. The number of carbonyl (C=O) groups excluding carboxylic acids is 1. The van der Waals surface area contributed by atoms with E-state index in [-0.39, 0.29) is 23.4 Å². The maximum atomic E-state index is 12.9. The number of aromatic nitrogens is 1. The minimum absolute atomic E-state index is 0.0180. The van der Waals surface area contributed by atoms with Crippen LogP contribution in [0, 0.1) is 0 Å². The fourth-order valence-corrected chi connectivity index (χ4v) is 4.48. The molecule has 1 heterocycles. The highest BCUT2D eigenvalue weighted by atomic mass is 32.2. The molecule has 0 radical (unpaired) electrons. The maximum absolute atomic E-state index is 12.9. The van der Waals surface area contributed by atoms with Gasteiger partial charge in [0.1, 0.15) is 6.54 Å². The molecule has 150 valence electrons. The van der Waals surface area contributed by atoms with Gasteiger partial charge in [0.05, 0.1) is 10.9 Å². The van der Waals surface area contributed by atoms with Crippen molar-refractivity contribution in [2.24, 2.45) is 0 Å². The highest BCUT2D eigenvalue weighted by Crippen LogP contribution is 2.33. The Morgan fingerprint density at radius 1 is 1.14 bits per heavy atom. The van der Waals surface area contributed by atoms with Crippen LogP contribution in [0.2, 0.25) is 0 Å². The Morgan fingerprint density at radius 2 is 1.86 bits per heavy atom. The molecule has 0 spiro atoms. The topological polar surface area (TPSA) is 79.7 Å². The lowest BCUT2D eigenvalue weighted by Gasteiger charge is -2.33. The third kappa shape index (κ3) is 3.88.